The number of ether oxygens (including phenoxy) is 1. The van der Waals surface area contributed by atoms with Crippen LogP contribution in [-0.4, -0.2) is 27.1 Å². The molecule has 1 aromatic heterocycles. The zero-order chi connectivity index (χ0) is 14.0. The summed E-state index contributed by atoms with van der Waals surface area (Å²) in [5.41, 5.74) is 0. The van der Waals surface area contributed by atoms with Crippen molar-refractivity contribution in [3.05, 3.63) is 21.8 Å². The average Bonchev–Trinajstić information content (AvgIpc) is 3.02. The SMILES string of the molecule is CC(C)Cc1noc(COC(=O)C2CC2[N+](=O)[O-])n1. The predicted octanol–water partition coefficient (Wildman–Crippen LogP) is 0.976. The van der Waals surface area contributed by atoms with Crippen LogP contribution in [0.4, 0.5) is 0 Å². The van der Waals surface area contributed by atoms with E-state index in [1.54, 1.807) is 0 Å². The maximum atomic E-state index is 11.5. The standard InChI is InChI=1S/C11H15N3O5/c1-6(2)3-9-12-10(19-13-9)5-18-11(15)7-4-8(7)14(16)17/h6-8H,3-5H2,1-2H3. The second-order valence-corrected chi connectivity index (χ2v) is 5.00. The van der Waals surface area contributed by atoms with Crippen molar-refractivity contribution >= 4 is 5.97 Å². The molecule has 0 aliphatic heterocycles. The molecule has 2 atom stereocenters. The summed E-state index contributed by atoms with van der Waals surface area (Å²) in [5.74, 6) is -0.0309. The lowest BCUT2D eigenvalue weighted by molar-refractivity contribution is -0.497. The van der Waals surface area contributed by atoms with Crippen molar-refractivity contribution in [2.75, 3.05) is 0 Å². The van der Waals surface area contributed by atoms with Gasteiger partial charge in [0.1, 0.15) is 5.92 Å². The first kappa shape index (κ1) is 13.4. The topological polar surface area (TPSA) is 108 Å². The highest BCUT2D eigenvalue weighted by molar-refractivity contribution is 5.76. The molecule has 1 aliphatic carbocycles. The van der Waals surface area contributed by atoms with E-state index in [1.165, 1.54) is 0 Å². The molecule has 2 unspecified atom stereocenters. The zero-order valence-corrected chi connectivity index (χ0v) is 10.7. The largest absolute Gasteiger partial charge is 0.455 e. The Balaban J connectivity index is 1.78. The summed E-state index contributed by atoms with van der Waals surface area (Å²) in [5, 5.41) is 14.2. The van der Waals surface area contributed by atoms with Crippen molar-refractivity contribution in [3.8, 4) is 0 Å². The zero-order valence-electron chi connectivity index (χ0n) is 10.7. The number of rotatable bonds is 6. The summed E-state index contributed by atoms with van der Waals surface area (Å²) < 4.78 is 9.83. The van der Waals surface area contributed by atoms with Gasteiger partial charge in [-0.2, -0.15) is 4.98 Å². The van der Waals surface area contributed by atoms with Gasteiger partial charge < -0.3 is 9.26 Å². The van der Waals surface area contributed by atoms with Gasteiger partial charge in [0.15, 0.2) is 12.4 Å². The third-order valence-electron chi connectivity index (χ3n) is 2.77. The molecule has 0 amide bonds. The molecule has 0 spiro atoms. The molecule has 0 bridgehead atoms. The predicted molar refractivity (Wildman–Crippen MR) is 61.5 cm³/mol. The maximum absolute atomic E-state index is 11.5. The molecule has 1 aliphatic rings. The lowest BCUT2D eigenvalue weighted by Crippen LogP contribution is -2.13. The Hall–Kier alpha value is -1.99. The van der Waals surface area contributed by atoms with E-state index in [1.807, 2.05) is 13.8 Å². The van der Waals surface area contributed by atoms with Crippen molar-refractivity contribution in [2.45, 2.75) is 39.3 Å². The van der Waals surface area contributed by atoms with Gasteiger partial charge in [-0.25, -0.2) is 0 Å². The second-order valence-electron chi connectivity index (χ2n) is 5.00. The molecule has 104 valence electrons. The van der Waals surface area contributed by atoms with E-state index >= 15 is 0 Å². The molecular weight excluding hydrogens is 254 g/mol. The van der Waals surface area contributed by atoms with Crippen molar-refractivity contribution in [1.29, 1.82) is 0 Å². The van der Waals surface area contributed by atoms with E-state index in [-0.39, 0.29) is 18.9 Å². The molecule has 1 fully saturated rings. The van der Waals surface area contributed by atoms with E-state index < -0.39 is 22.9 Å². The fourth-order valence-electron chi connectivity index (χ4n) is 1.70. The fraction of sp³-hybridized carbons (Fsp3) is 0.727. The highest BCUT2D eigenvalue weighted by atomic mass is 16.6. The first-order valence-electron chi connectivity index (χ1n) is 6.09. The molecular formula is C11H15N3O5. The van der Waals surface area contributed by atoms with E-state index in [0.717, 1.165) is 0 Å². The molecule has 8 heteroatoms. The minimum Gasteiger partial charge on any atom is -0.455 e. The molecule has 1 saturated carbocycles. The lowest BCUT2D eigenvalue weighted by atomic mass is 10.1. The maximum Gasteiger partial charge on any atom is 0.316 e. The van der Waals surface area contributed by atoms with Gasteiger partial charge in [-0.15, -0.1) is 0 Å². The van der Waals surface area contributed by atoms with Crippen molar-refractivity contribution in [3.63, 3.8) is 0 Å². The Kier molecular flexibility index (Phi) is 3.77. The average molecular weight is 269 g/mol. The summed E-state index contributed by atoms with van der Waals surface area (Å²) >= 11 is 0. The van der Waals surface area contributed by atoms with E-state index in [2.05, 4.69) is 10.1 Å². The van der Waals surface area contributed by atoms with Crippen LogP contribution in [-0.2, 0) is 22.6 Å². The lowest BCUT2D eigenvalue weighted by Gasteiger charge is -1.98. The van der Waals surface area contributed by atoms with Crippen LogP contribution in [0.25, 0.3) is 0 Å². The summed E-state index contributed by atoms with van der Waals surface area (Å²) in [4.78, 5) is 25.5. The Morgan fingerprint density at radius 2 is 2.37 bits per heavy atom. The number of hydrogen-bond donors (Lipinski definition) is 0. The van der Waals surface area contributed by atoms with Crippen LogP contribution < -0.4 is 0 Å². The summed E-state index contributed by atoms with van der Waals surface area (Å²) in [7, 11) is 0. The van der Waals surface area contributed by atoms with Gasteiger partial charge in [0.25, 0.3) is 5.89 Å². The minimum absolute atomic E-state index is 0.134. The minimum atomic E-state index is -0.799. The number of carbonyl (C=O) groups is 1. The molecule has 1 aromatic rings. The third-order valence-corrected chi connectivity index (χ3v) is 2.77. The number of carbonyl (C=O) groups excluding carboxylic acids is 1. The van der Waals surface area contributed by atoms with Gasteiger partial charge >= 0.3 is 5.97 Å². The van der Waals surface area contributed by atoms with Gasteiger partial charge in [-0.3, -0.25) is 14.9 Å². The Morgan fingerprint density at radius 3 is 2.95 bits per heavy atom. The molecule has 19 heavy (non-hydrogen) atoms. The van der Waals surface area contributed by atoms with Crippen LogP contribution >= 0.6 is 0 Å². The monoisotopic (exact) mass is 269 g/mol. The van der Waals surface area contributed by atoms with Gasteiger partial charge in [0.05, 0.1) is 0 Å². The fourth-order valence-corrected chi connectivity index (χ4v) is 1.70. The first-order valence-corrected chi connectivity index (χ1v) is 6.09. The quantitative estimate of drug-likeness (QED) is 0.430. The molecule has 0 N–H and O–H groups in total. The number of nitrogens with zero attached hydrogens (tertiary/aromatic N) is 3. The van der Waals surface area contributed by atoms with Crippen LogP contribution in [0.3, 0.4) is 0 Å². The van der Waals surface area contributed by atoms with Gasteiger partial charge in [-0.1, -0.05) is 19.0 Å². The highest BCUT2D eigenvalue weighted by Crippen LogP contribution is 2.34. The van der Waals surface area contributed by atoms with Gasteiger partial charge in [0, 0.05) is 17.8 Å². The molecule has 0 saturated heterocycles. The van der Waals surface area contributed by atoms with Crippen LogP contribution in [0.5, 0.6) is 0 Å². The van der Waals surface area contributed by atoms with E-state index in [0.29, 0.717) is 18.2 Å². The Morgan fingerprint density at radius 1 is 1.63 bits per heavy atom. The van der Waals surface area contributed by atoms with Crippen LogP contribution in [0.2, 0.25) is 0 Å². The van der Waals surface area contributed by atoms with Gasteiger partial charge in [-0.05, 0) is 5.92 Å². The normalized spacial score (nSPS) is 21.4. The van der Waals surface area contributed by atoms with Crippen molar-refractivity contribution < 1.29 is 19.0 Å². The molecule has 2 rings (SSSR count). The molecule has 8 nitrogen and oxygen atoms in total. The van der Waals surface area contributed by atoms with E-state index in [4.69, 9.17) is 9.26 Å². The van der Waals surface area contributed by atoms with Crippen LogP contribution in [0, 0.1) is 22.0 Å². The van der Waals surface area contributed by atoms with E-state index in [9.17, 15) is 14.9 Å². The third kappa shape index (κ3) is 3.49. The van der Waals surface area contributed by atoms with Crippen molar-refractivity contribution in [1.82, 2.24) is 10.1 Å². The summed E-state index contributed by atoms with van der Waals surface area (Å²) in [6.45, 7) is 3.92. The number of nitro groups is 1. The highest BCUT2D eigenvalue weighted by Gasteiger charge is 2.54. The summed E-state index contributed by atoms with van der Waals surface area (Å²) in [6, 6.07) is -0.799. The number of esters is 1. The van der Waals surface area contributed by atoms with Crippen molar-refractivity contribution in [2.24, 2.45) is 11.8 Å². The Bertz CT molecular complexity index is 484. The van der Waals surface area contributed by atoms with Gasteiger partial charge in [0.2, 0.25) is 6.04 Å². The number of aromatic nitrogens is 2. The molecule has 0 radical (unpaired) electrons. The summed E-state index contributed by atoms with van der Waals surface area (Å²) in [6.07, 6.45) is 0.928. The molecule has 0 aromatic carbocycles. The van der Waals surface area contributed by atoms with Crippen LogP contribution in [0.15, 0.2) is 4.52 Å². The smallest absolute Gasteiger partial charge is 0.316 e. The molecule has 1 heterocycles. The second kappa shape index (κ2) is 5.33. The first-order chi connectivity index (χ1) is 8.97. The number of hydrogen-bond acceptors (Lipinski definition) is 7. The Labute approximate surface area is 109 Å². The van der Waals surface area contributed by atoms with Crippen LogP contribution in [0.1, 0.15) is 32.0 Å².